The van der Waals surface area contributed by atoms with E-state index in [1.54, 1.807) is 24.3 Å². The monoisotopic (exact) mass is 484 g/mol. The predicted octanol–water partition coefficient (Wildman–Crippen LogP) is 8.64. The molecule has 0 atom stereocenters. The lowest BCUT2D eigenvalue weighted by Crippen LogP contribution is -2.28. The highest BCUT2D eigenvalue weighted by atomic mass is 32.2. The fourth-order valence-corrected chi connectivity index (χ4v) is 6.60. The van der Waals surface area contributed by atoms with Gasteiger partial charge >= 0.3 is 6.16 Å². The average Bonchev–Trinajstić information content (AvgIpc) is 3.20. The minimum absolute atomic E-state index is 0.408. The number of carbonyl (C=O) groups excluding carboxylic acids is 1. The van der Waals surface area contributed by atoms with E-state index < -0.39 is 22.7 Å². The van der Waals surface area contributed by atoms with Crippen molar-refractivity contribution in [2.45, 2.75) is 47.5 Å². The van der Waals surface area contributed by atoms with Gasteiger partial charge in [-0.2, -0.15) is 10.9 Å². The average molecular weight is 485 g/mol. The third-order valence-electron chi connectivity index (χ3n) is 6.15. The highest BCUT2D eigenvalue weighted by Crippen LogP contribution is 2.62. The van der Waals surface area contributed by atoms with Crippen molar-refractivity contribution < 1.29 is 19.0 Å². The number of hydrogen-bond acceptors (Lipinski definition) is 4. The summed E-state index contributed by atoms with van der Waals surface area (Å²) in [5.41, 5.74) is 2.11. The van der Waals surface area contributed by atoms with E-state index in [0.717, 1.165) is 5.75 Å². The number of thiol groups is 1. The number of hydrogen-bond donors (Lipinski definition) is 1. The van der Waals surface area contributed by atoms with Crippen LogP contribution < -0.4 is 9.47 Å². The van der Waals surface area contributed by atoms with Crippen LogP contribution in [0.2, 0.25) is 0 Å². The van der Waals surface area contributed by atoms with Crippen LogP contribution >= 0.6 is 10.9 Å². The fourth-order valence-electron chi connectivity index (χ4n) is 3.99. The summed E-state index contributed by atoms with van der Waals surface area (Å²) in [5.74, 6) is 1.82. The smallest absolute Gasteiger partial charge is 0.457 e. The molecule has 1 aliphatic heterocycles. The van der Waals surface area contributed by atoms with Crippen molar-refractivity contribution in [2.75, 3.05) is 0 Å². The van der Waals surface area contributed by atoms with Gasteiger partial charge in [-0.05, 0) is 97.0 Å². The molecule has 0 amide bonds. The van der Waals surface area contributed by atoms with Gasteiger partial charge in [0, 0.05) is 9.79 Å². The van der Waals surface area contributed by atoms with Crippen molar-refractivity contribution in [2.24, 2.45) is 0 Å². The van der Waals surface area contributed by atoms with Crippen LogP contribution in [0.15, 0.2) is 112 Å². The van der Waals surface area contributed by atoms with Crippen LogP contribution in [-0.2, 0) is 4.74 Å². The van der Waals surface area contributed by atoms with Gasteiger partial charge in [0.15, 0.2) is 0 Å². The maximum Gasteiger partial charge on any atom is 0.514 e. The van der Waals surface area contributed by atoms with Crippen LogP contribution in [0.5, 0.6) is 17.2 Å². The van der Waals surface area contributed by atoms with Gasteiger partial charge in [0.25, 0.3) is 0 Å². The minimum Gasteiger partial charge on any atom is -0.457 e. The number of fused-ring (bicyclic) bond motifs is 3. The summed E-state index contributed by atoms with van der Waals surface area (Å²) >= 11 is 0. The first kappa shape index (κ1) is 23.1. The summed E-state index contributed by atoms with van der Waals surface area (Å²) in [4.78, 5) is 16.1. The third-order valence-corrected chi connectivity index (χ3v) is 8.70. The second-order valence-electron chi connectivity index (χ2n) is 9.00. The maximum absolute atomic E-state index is 12.0. The molecule has 5 heteroatoms. The molecule has 4 nitrogen and oxygen atoms in total. The van der Waals surface area contributed by atoms with Crippen molar-refractivity contribution in [3.8, 4) is 28.4 Å². The molecule has 0 spiro atoms. The minimum atomic E-state index is -0.710. The number of ether oxygens (including phenoxy) is 3. The molecule has 0 saturated carbocycles. The highest BCUT2D eigenvalue weighted by Gasteiger charge is 2.26. The molecule has 4 aromatic rings. The SMILES string of the molecule is CCC(C)(C)OC(=O)Oc1ccc(Oc2ccc([SH]3c4ccccc4-c4ccccc43)cc2)cc1. The van der Waals surface area contributed by atoms with Crippen molar-refractivity contribution >= 4 is 17.1 Å². The molecular weight excluding hydrogens is 456 g/mol. The molecule has 178 valence electrons. The zero-order valence-electron chi connectivity index (χ0n) is 20.0. The first-order valence-corrected chi connectivity index (χ1v) is 13.0. The Morgan fingerprint density at radius 1 is 0.714 bits per heavy atom. The van der Waals surface area contributed by atoms with Crippen LogP contribution in [0.3, 0.4) is 0 Å². The Morgan fingerprint density at radius 2 is 1.20 bits per heavy atom. The molecule has 0 N–H and O–H groups in total. The molecule has 0 unspecified atom stereocenters. The maximum atomic E-state index is 12.0. The first-order chi connectivity index (χ1) is 16.9. The Labute approximate surface area is 208 Å². The Kier molecular flexibility index (Phi) is 6.27. The van der Waals surface area contributed by atoms with Gasteiger partial charge in [-0.3, -0.25) is 0 Å². The van der Waals surface area contributed by atoms with E-state index in [4.69, 9.17) is 14.2 Å². The first-order valence-electron chi connectivity index (χ1n) is 11.7. The molecule has 0 fully saturated rings. The number of benzene rings is 4. The van der Waals surface area contributed by atoms with Crippen molar-refractivity contribution in [1.82, 2.24) is 0 Å². The largest absolute Gasteiger partial charge is 0.514 e. The highest BCUT2D eigenvalue weighted by molar-refractivity contribution is 8.17. The van der Waals surface area contributed by atoms with Crippen LogP contribution in [0.4, 0.5) is 4.79 Å². The molecule has 0 radical (unpaired) electrons. The second kappa shape index (κ2) is 9.51. The van der Waals surface area contributed by atoms with Gasteiger partial charge in [-0.1, -0.05) is 43.3 Å². The van der Waals surface area contributed by atoms with Crippen LogP contribution in [0, 0.1) is 0 Å². The molecule has 4 aromatic carbocycles. The molecule has 1 heterocycles. The standard InChI is InChI=1S/C30H28O4S/c1-4-30(2,3)34-29(31)33-23-15-13-21(14-16-23)32-22-17-19-24(20-18-22)35-27-11-7-5-9-25(27)26-10-6-8-12-28(26)35/h5-20,35H,4H2,1-3H3. The molecule has 0 bridgehead atoms. The Hall–Kier alpha value is -3.70. The van der Waals surface area contributed by atoms with E-state index in [1.807, 2.05) is 32.9 Å². The Bertz CT molecular complexity index is 1300. The van der Waals surface area contributed by atoms with Gasteiger partial charge in [0.2, 0.25) is 0 Å². The van der Waals surface area contributed by atoms with Gasteiger partial charge in [0.05, 0.1) is 0 Å². The summed E-state index contributed by atoms with van der Waals surface area (Å²) in [6, 6.07) is 32.6. The van der Waals surface area contributed by atoms with Crippen molar-refractivity contribution in [3.05, 3.63) is 97.1 Å². The lowest BCUT2D eigenvalue weighted by molar-refractivity contribution is 0.00705. The van der Waals surface area contributed by atoms with Crippen LogP contribution in [-0.4, -0.2) is 11.8 Å². The zero-order chi connectivity index (χ0) is 24.4. The Morgan fingerprint density at radius 3 is 1.74 bits per heavy atom. The van der Waals surface area contributed by atoms with Crippen LogP contribution in [0.1, 0.15) is 27.2 Å². The van der Waals surface area contributed by atoms with E-state index in [2.05, 4.69) is 60.7 Å². The van der Waals surface area contributed by atoms with Gasteiger partial charge in [0.1, 0.15) is 22.8 Å². The number of carbonyl (C=O) groups is 1. The van der Waals surface area contributed by atoms with Crippen molar-refractivity contribution in [3.63, 3.8) is 0 Å². The molecule has 0 aromatic heterocycles. The summed E-state index contributed by atoms with van der Waals surface area (Å²) < 4.78 is 16.6. The topological polar surface area (TPSA) is 44.8 Å². The summed E-state index contributed by atoms with van der Waals surface area (Å²) in [6.07, 6.45) is -0.00711. The third kappa shape index (κ3) is 4.91. The predicted molar refractivity (Wildman–Crippen MR) is 140 cm³/mol. The van der Waals surface area contributed by atoms with E-state index in [-0.39, 0.29) is 0 Å². The zero-order valence-corrected chi connectivity index (χ0v) is 20.9. The summed E-state index contributed by atoms with van der Waals surface area (Å²) in [7, 11) is -0.584. The molecule has 5 rings (SSSR count). The second-order valence-corrected chi connectivity index (χ2v) is 11.2. The molecule has 35 heavy (non-hydrogen) atoms. The summed E-state index contributed by atoms with van der Waals surface area (Å²) in [5, 5.41) is 0. The van der Waals surface area contributed by atoms with E-state index in [9.17, 15) is 4.79 Å². The summed E-state index contributed by atoms with van der Waals surface area (Å²) in [6.45, 7) is 5.66. The Balaban J connectivity index is 1.28. The van der Waals surface area contributed by atoms with Gasteiger partial charge in [-0.25, -0.2) is 4.79 Å². The van der Waals surface area contributed by atoms with E-state index in [1.165, 1.54) is 25.8 Å². The molecule has 0 aliphatic carbocycles. The van der Waals surface area contributed by atoms with Gasteiger partial charge in [-0.15, -0.1) is 0 Å². The molecule has 0 saturated heterocycles. The quantitative estimate of drug-likeness (QED) is 0.149. The van der Waals surface area contributed by atoms with Crippen LogP contribution in [0.25, 0.3) is 11.1 Å². The van der Waals surface area contributed by atoms with E-state index in [0.29, 0.717) is 17.9 Å². The van der Waals surface area contributed by atoms with Gasteiger partial charge < -0.3 is 14.2 Å². The molecule has 1 aliphatic rings. The van der Waals surface area contributed by atoms with E-state index >= 15 is 0 Å². The molecular formula is C30H28O4S. The normalized spacial score (nSPS) is 13.1. The lowest BCUT2D eigenvalue weighted by atomic mass is 10.1. The fraction of sp³-hybridized carbons (Fsp3) is 0.167. The number of rotatable bonds is 6. The lowest BCUT2D eigenvalue weighted by Gasteiger charge is -2.22. The van der Waals surface area contributed by atoms with Crippen molar-refractivity contribution in [1.29, 1.82) is 0 Å².